The lowest BCUT2D eigenvalue weighted by Gasteiger charge is -2.22. The number of alkyl halides is 3. The minimum atomic E-state index is -4.75. The number of fused-ring (bicyclic) bond motifs is 1. The van der Waals surface area contributed by atoms with E-state index in [4.69, 9.17) is 4.42 Å². The zero-order chi connectivity index (χ0) is 28.2. The monoisotopic (exact) mass is 547 g/mol. The highest BCUT2D eigenvalue weighted by molar-refractivity contribution is 5.92. The SMILES string of the molecule is Cc1cc(-c2cnco2)cc(-c2nn(-c3cc(N4CCC(O)C4)ccc3C(F)(F)F)c(=O)c3nc(C)ccc23)c1. The lowest BCUT2D eigenvalue weighted by Crippen LogP contribution is -2.27. The third kappa shape index (κ3) is 4.62. The van der Waals surface area contributed by atoms with Crippen molar-refractivity contribution in [2.24, 2.45) is 0 Å². The molecular weight excluding hydrogens is 523 g/mol. The third-order valence-electron chi connectivity index (χ3n) is 7.00. The number of anilines is 1. The highest BCUT2D eigenvalue weighted by Crippen LogP contribution is 2.37. The van der Waals surface area contributed by atoms with Gasteiger partial charge in [-0.25, -0.2) is 9.97 Å². The van der Waals surface area contributed by atoms with Crippen molar-refractivity contribution in [2.45, 2.75) is 32.5 Å². The van der Waals surface area contributed by atoms with Gasteiger partial charge in [0.15, 0.2) is 12.2 Å². The van der Waals surface area contributed by atoms with Gasteiger partial charge in [-0.3, -0.25) is 4.79 Å². The summed E-state index contributed by atoms with van der Waals surface area (Å²) in [6.07, 6.45) is -1.96. The van der Waals surface area contributed by atoms with Gasteiger partial charge >= 0.3 is 6.18 Å². The second-order valence-corrected chi connectivity index (χ2v) is 9.96. The number of oxazole rings is 1. The summed E-state index contributed by atoms with van der Waals surface area (Å²) in [6, 6.07) is 12.5. The molecule has 0 radical (unpaired) electrons. The zero-order valence-corrected chi connectivity index (χ0v) is 21.6. The van der Waals surface area contributed by atoms with Crippen LogP contribution in [0.4, 0.5) is 18.9 Å². The molecule has 0 saturated carbocycles. The highest BCUT2D eigenvalue weighted by Gasteiger charge is 2.36. The summed E-state index contributed by atoms with van der Waals surface area (Å²) in [5.41, 5.74) is 1.22. The normalized spacial score (nSPS) is 15.8. The maximum atomic E-state index is 14.3. The Labute approximate surface area is 226 Å². The first kappa shape index (κ1) is 25.8. The van der Waals surface area contributed by atoms with E-state index in [0.29, 0.717) is 52.3 Å². The third-order valence-corrected chi connectivity index (χ3v) is 7.00. The molecular formula is C29H24F3N5O3. The van der Waals surface area contributed by atoms with Gasteiger partial charge in [-0.15, -0.1) is 0 Å². The van der Waals surface area contributed by atoms with Crippen LogP contribution in [-0.4, -0.2) is 44.0 Å². The van der Waals surface area contributed by atoms with Gasteiger partial charge < -0.3 is 14.4 Å². The molecule has 1 saturated heterocycles. The molecule has 204 valence electrons. The predicted octanol–water partition coefficient (Wildman–Crippen LogP) is 5.31. The Morgan fingerprint density at radius 2 is 1.85 bits per heavy atom. The first-order chi connectivity index (χ1) is 19.1. The number of rotatable bonds is 4. The molecule has 0 spiro atoms. The molecule has 1 unspecified atom stereocenters. The number of aryl methyl sites for hydroxylation is 2. The summed E-state index contributed by atoms with van der Waals surface area (Å²) >= 11 is 0. The molecule has 40 heavy (non-hydrogen) atoms. The molecule has 0 amide bonds. The van der Waals surface area contributed by atoms with E-state index in [9.17, 15) is 23.1 Å². The average Bonchev–Trinajstić information content (AvgIpc) is 3.60. The molecule has 3 aromatic heterocycles. The van der Waals surface area contributed by atoms with Crippen molar-refractivity contribution in [1.82, 2.24) is 19.7 Å². The van der Waals surface area contributed by atoms with E-state index in [1.165, 1.54) is 18.5 Å². The van der Waals surface area contributed by atoms with Gasteiger partial charge in [-0.2, -0.15) is 23.0 Å². The maximum Gasteiger partial charge on any atom is 0.418 e. The fourth-order valence-electron chi connectivity index (χ4n) is 5.12. The van der Waals surface area contributed by atoms with Crippen LogP contribution in [0, 0.1) is 13.8 Å². The zero-order valence-electron chi connectivity index (χ0n) is 21.6. The van der Waals surface area contributed by atoms with Gasteiger partial charge in [0.2, 0.25) is 0 Å². The first-order valence-electron chi connectivity index (χ1n) is 12.6. The number of halogens is 3. The van der Waals surface area contributed by atoms with Gasteiger partial charge in [0, 0.05) is 41.0 Å². The summed E-state index contributed by atoms with van der Waals surface area (Å²) < 4.78 is 49.1. The summed E-state index contributed by atoms with van der Waals surface area (Å²) in [4.78, 5) is 23.9. The Morgan fingerprint density at radius 3 is 2.55 bits per heavy atom. The number of aromatic nitrogens is 4. The van der Waals surface area contributed by atoms with Crippen LogP contribution >= 0.6 is 0 Å². The van der Waals surface area contributed by atoms with Crippen molar-refractivity contribution in [2.75, 3.05) is 18.0 Å². The Hall–Kier alpha value is -4.51. The second kappa shape index (κ2) is 9.60. The van der Waals surface area contributed by atoms with Crippen molar-refractivity contribution < 1.29 is 22.7 Å². The Morgan fingerprint density at radius 1 is 1.05 bits per heavy atom. The van der Waals surface area contributed by atoms with Crippen LogP contribution in [0.5, 0.6) is 0 Å². The van der Waals surface area contributed by atoms with Crippen molar-refractivity contribution in [3.8, 4) is 28.3 Å². The Bertz CT molecular complexity index is 1800. The molecule has 1 N–H and O–H groups in total. The molecule has 1 aliphatic heterocycles. The van der Waals surface area contributed by atoms with Gasteiger partial charge in [0.1, 0.15) is 11.2 Å². The molecule has 8 nitrogen and oxygen atoms in total. The van der Waals surface area contributed by atoms with Gasteiger partial charge in [-0.1, -0.05) is 0 Å². The van der Waals surface area contributed by atoms with Crippen LogP contribution in [0.2, 0.25) is 0 Å². The molecule has 0 bridgehead atoms. The van der Waals surface area contributed by atoms with E-state index >= 15 is 0 Å². The first-order valence-corrected chi connectivity index (χ1v) is 12.6. The number of benzene rings is 2. The summed E-state index contributed by atoms with van der Waals surface area (Å²) in [7, 11) is 0. The summed E-state index contributed by atoms with van der Waals surface area (Å²) in [6.45, 7) is 4.34. The summed E-state index contributed by atoms with van der Waals surface area (Å²) in [5.74, 6) is 0.511. The van der Waals surface area contributed by atoms with Crippen LogP contribution in [-0.2, 0) is 6.18 Å². The van der Waals surface area contributed by atoms with Crippen LogP contribution in [0.15, 0.2) is 70.3 Å². The van der Waals surface area contributed by atoms with Crippen LogP contribution in [0.1, 0.15) is 23.2 Å². The van der Waals surface area contributed by atoms with Gasteiger partial charge in [-0.05, 0) is 74.4 Å². The lowest BCUT2D eigenvalue weighted by molar-refractivity contribution is -0.137. The number of pyridine rings is 1. The van der Waals surface area contributed by atoms with Crippen molar-refractivity contribution in [3.63, 3.8) is 0 Å². The number of β-amino-alcohol motifs (C(OH)–C–C–N with tert-alkyl or cyclic N) is 1. The lowest BCUT2D eigenvalue weighted by atomic mass is 10.0. The minimum absolute atomic E-state index is 0.00263. The highest BCUT2D eigenvalue weighted by atomic mass is 19.4. The van der Waals surface area contributed by atoms with Crippen molar-refractivity contribution in [3.05, 3.63) is 88.3 Å². The number of aliphatic hydroxyl groups is 1. The number of hydrogen-bond acceptors (Lipinski definition) is 7. The second-order valence-electron chi connectivity index (χ2n) is 9.96. The number of nitrogens with zero attached hydrogens (tertiary/aromatic N) is 5. The van der Waals surface area contributed by atoms with E-state index in [2.05, 4.69) is 15.1 Å². The van der Waals surface area contributed by atoms with Crippen LogP contribution in [0.25, 0.3) is 39.2 Å². The van der Waals surface area contributed by atoms with Gasteiger partial charge in [0.05, 0.1) is 23.6 Å². The van der Waals surface area contributed by atoms with E-state index in [1.807, 2.05) is 19.1 Å². The summed E-state index contributed by atoms with van der Waals surface area (Å²) in [5, 5.41) is 14.9. The maximum absolute atomic E-state index is 14.3. The van der Waals surface area contributed by atoms with Crippen molar-refractivity contribution in [1.29, 1.82) is 0 Å². The molecule has 2 aromatic carbocycles. The fourth-order valence-corrected chi connectivity index (χ4v) is 5.12. The smallest absolute Gasteiger partial charge is 0.418 e. The van der Waals surface area contributed by atoms with Gasteiger partial charge in [0.25, 0.3) is 5.56 Å². The van der Waals surface area contributed by atoms with Crippen molar-refractivity contribution >= 4 is 16.6 Å². The van der Waals surface area contributed by atoms with E-state index in [1.54, 1.807) is 36.2 Å². The number of aliphatic hydroxyl groups excluding tert-OH is 1. The standard InChI is InChI=1S/C29H24F3N5O3/c1-16-9-18(25-13-33-15-40-25)11-19(10-16)26-22-5-3-17(2)34-27(22)28(39)37(35-26)24-12-20(36-8-7-21(38)14-36)4-6-23(24)29(30,31)32/h3-6,9-13,15,21,38H,7-8,14H2,1-2H3. The molecule has 0 aliphatic carbocycles. The van der Waals surface area contributed by atoms with E-state index in [-0.39, 0.29) is 12.1 Å². The molecule has 5 aromatic rings. The Balaban J connectivity index is 1.64. The Kier molecular flexibility index (Phi) is 6.18. The topological polar surface area (TPSA) is 97.3 Å². The number of hydrogen-bond donors (Lipinski definition) is 1. The average molecular weight is 548 g/mol. The molecule has 1 atom stereocenters. The van der Waals surface area contributed by atoms with E-state index in [0.717, 1.165) is 16.3 Å². The van der Waals surface area contributed by atoms with E-state index < -0.39 is 29.1 Å². The van der Waals surface area contributed by atoms with Crippen LogP contribution < -0.4 is 10.5 Å². The minimum Gasteiger partial charge on any atom is -0.444 e. The molecule has 1 fully saturated rings. The predicted molar refractivity (Wildman–Crippen MR) is 143 cm³/mol. The van der Waals surface area contributed by atoms with Crippen LogP contribution in [0.3, 0.4) is 0 Å². The molecule has 1 aliphatic rings. The molecule has 4 heterocycles. The fraction of sp³-hybridized carbons (Fsp3) is 0.241. The molecule has 6 rings (SSSR count). The largest absolute Gasteiger partial charge is 0.444 e. The molecule has 11 heteroatoms. The quantitative estimate of drug-likeness (QED) is 0.326.